The number of methoxy groups -OCH3 is 2. The Kier molecular flexibility index (Phi) is 6.99. The van der Waals surface area contributed by atoms with Gasteiger partial charge in [-0.05, 0) is 72.0 Å². The molecular formula is C25H26N2O2S2. The van der Waals surface area contributed by atoms with Crippen molar-refractivity contribution >= 4 is 23.1 Å². The summed E-state index contributed by atoms with van der Waals surface area (Å²) in [4.78, 5) is 6.26. The van der Waals surface area contributed by atoms with E-state index in [0.717, 1.165) is 61.9 Å². The number of nitrogens with zero attached hydrogens (tertiary/aromatic N) is 2. The van der Waals surface area contributed by atoms with Crippen molar-refractivity contribution in [2.24, 2.45) is 0 Å². The fourth-order valence-electron chi connectivity index (χ4n) is 3.42. The molecule has 0 fully saturated rings. The minimum Gasteiger partial charge on any atom is -0.497 e. The summed E-state index contributed by atoms with van der Waals surface area (Å²) in [7, 11) is 3.37. The molecule has 0 unspecified atom stereocenters. The fourth-order valence-corrected chi connectivity index (χ4v) is 5.17. The largest absolute Gasteiger partial charge is 0.497 e. The number of thioether (sulfide) groups is 1. The summed E-state index contributed by atoms with van der Waals surface area (Å²) in [6.45, 7) is 3.18. The normalized spacial score (nSPS) is 10.9. The molecule has 2 heterocycles. The first-order valence-corrected chi connectivity index (χ1v) is 12.2. The van der Waals surface area contributed by atoms with E-state index < -0.39 is 0 Å². The van der Waals surface area contributed by atoms with Crippen LogP contribution >= 0.6 is 23.1 Å². The Morgan fingerprint density at radius 1 is 0.903 bits per heavy atom. The summed E-state index contributed by atoms with van der Waals surface area (Å²) in [6, 6.07) is 20.6. The molecular weight excluding hydrogens is 424 g/mol. The number of aryl methyl sites for hydroxylation is 1. The molecule has 0 radical (unpaired) electrons. The summed E-state index contributed by atoms with van der Waals surface area (Å²) in [5, 5.41) is 1.03. The van der Waals surface area contributed by atoms with Crippen LogP contribution in [-0.4, -0.2) is 35.3 Å². The summed E-state index contributed by atoms with van der Waals surface area (Å²) >= 11 is 3.69. The van der Waals surface area contributed by atoms with Gasteiger partial charge in [0.05, 0.1) is 30.5 Å². The van der Waals surface area contributed by atoms with Crippen LogP contribution < -0.4 is 9.47 Å². The molecule has 0 aliphatic rings. The predicted molar refractivity (Wildman–Crippen MR) is 133 cm³/mol. The maximum absolute atomic E-state index is 5.34. The van der Waals surface area contributed by atoms with E-state index in [1.165, 1.54) is 0 Å². The Morgan fingerprint density at radius 3 is 2.16 bits per heavy atom. The van der Waals surface area contributed by atoms with Crippen LogP contribution in [0.25, 0.3) is 32.4 Å². The Balaban J connectivity index is 1.77. The van der Waals surface area contributed by atoms with Crippen molar-refractivity contribution in [1.29, 1.82) is 0 Å². The molecule has 0 saturated carbocycles. The van der Waals surface area contributed by atoms with E-state index in [9.17, 15) is 0 Å². The van der Waals surface area contributed by atoms with E-state index in [1.807, 2.05) is 36.0 Å². The Hall–Kier alpha value is -2.70. The van der Waals surface area contributed by atoms with Gasteiger partial charge >= 0.3 is 0 Å². The first-order chi connectivity index (χ1) is 15.2. The molecule has 6 heteroatoms. The fraction of sp³-hybridized carbons (Fsp3) is 0.240. The van der Waals surface area contributed by atoms with Gasteiger partial charge < -0.3 is 14.0 Å². The van der Waals surface area contributed by atoms with Crippen LogP contribution in [0.15, 0.2) is 66.9 Å². The molecule has 31 heavy (non-hydrogen) atoms. The van der Waals surface area contributed by atoms with Crippen molar-refractivity contribution < 1.29 is 9.47 Å². The lowest BCUT2D eigenvalue weighted by Crippen LogP contribution is -2.01. The monoisotopic (exact) mass is 450 g/mol. The molecule has 0 saturated heterocycles. The summed E-state index contributed by atoms with van der Waals surface area (Å²) in [5.74, 6) is 3.92. The first-order valence-electron chi connectivity index (χ1n) is 10.3. The van der Waals surface area contributed by atoms with Crippen LogP contribution in [0, 0.1) is 0 Å². The third kappa shape index (κ3) is 4.81. The van der Waals surface area contributed by atoms with E-state index in [1.54, 1.807) is 25.6 Å². The molecule has 0 aliphatic carbocycles. The summed E-state index contributed by atoms with van der Waals surface area (Å²) in [6.07, 6.45) is 2.15. The topological polar surface area (TPSA) is 36.3 Å². The van der Waals surface area contributed by atoms with Crippen molar-refractivity contribution in [2.75, 3.05) is 25.7 Å². The second-order valence-electron chi connectivity index (χ2n) is 6.94. The highest BCUT2D eigenvalue weighted by Gasteiger charge is 2.18. The van der Waals surface area contributed by atoms with Crippen LogP contribution in [0.3, 0.4) is 0 Å². The molecule has 0 N–H and O–H groups in total. The zero-order valence-electron chi connectivity index (χ0n) is 18.0. The van der Waals surface area contributed by atoms with Crippen molar-refractivity contribution in [1.82, 2.24) is 9.55 Å². The molecule has 2 aromatic heterocycles. The number of rotatable bonds is 9. The van der Waals surface area contributed by atoms with Crippen molar-refractivity contribution in [3.05, 3.63) is 66.9 Å². The minimum atomic E-state index is 0.840. The average molecular weight is 451 g/mol. The summed E-state index contributed by atoms with van der Waals surface area (Å²) < 4.78 is 13.0. The first kappa shape index (κ1) is 21.5. The lowest BCUT2D eigenvalue weighted by atomic mass is 10.1. The summed E-state index contributed by atoms with van der Waals surface area (Å²) in [5.41, 5.74) is 4.36. The van der Waals surface area contributed by atoms with Gasteiger partial charge in [0.1, 0.15) is 16.5 Å². The molecule has 2 aromatic carbocycles. The Bertz CT molecular complexity index is 1050. The molecule has 0 aliphatic heterocycles. The highest BCUT2D eigenvalue weighted by atomic mass is 32.2. The van der Waals surface area contributed by atoms with E-state index in [2.05, 4.69) is 54.1 Å². The smallest absolute Gasteiger partial charge is 0.141 e. The lowest BCUT2D eigenvalue weighted by Gasteiger charge is -2.06. The molecule has 160 valence electrons. The van der Waals surface area contributed by atoms with Crippen LogP contribution in [0.1, 0.15) is 6.92 Å². The highest BCUT2D eigenvalue weighted by molar-refractivity contribution is 7.99. The van der Waals surface area contributed by atoms with Gasteiger partial charge in [0.25, 0.3) is 0 Å². The predicted octanol–water partition coefficient (Wildman–Crippen LogP) is 6.72. The lowest BCUT2D eigenvalue weighted by molar-refractivity contribution is 0.414. The molecule has 0 atom stereocenters. The second kappa shape index (κ2) is 10.1. The third-order valence-corrected chi connectivity index (χ3v) is 7.08. The van der Waals surface area contributed by atoms with E-state index in [-0.39, 0.29) is 0 Å². The van der Waals surface area contributed by atoms with Gasteiger partial charge in [0.2, 0.25) is 0 Å². The maximum atomic E-state index is 5.34. The molecule has 4 nitrogen and oxygen atoms in total. The van der Waals surface area contributed by atoms with E-state index in [4.69, 9.17) is 14.5 Å². The Labute approximate surface area is 191 Å². The molecule has 4 rings (SSSR count). The van der Waals surface area contributed by atoms with Gasteiger partial charge in [-0.15, -0.1) is 11.3 Å². The van der Waals surface area contributed by atoms with Gasteiger partial charge in [0.15, 0.2) is 0 Å². The number of thiazole rings is 1. The Morgan fingerprint density at radius 2 is 1.55 bits per heavy atom. The number of hydrogen-bond acceptors (Lipinski definition) is 5. The SMILES string of the molecule is CCSCCn1cccc1-c1nc(-c2ccc(OC)cc2)c(-c2ccc(OC)cc2)s1. The van der Waals surface area contributed by atoms with E-state index >= 15 is 0 Å². The van der Waals surface area contributed by atoms with Crippen molar-refractivity contribution in [2.45, 2.75) is 13.5 Å². The van der Waals surface area contributed by atoms with Crippen LogP contribution in [-0.2, 0) is 6.54 Å². The van der Waals surface area contributed by atoms with Gasteiger partial charge in [-0.1, -0.05) is 6.92 Å². The second-order valence-corrected chi connectivity index (χ2v) is 9.33. The third-order valence-electron chi connectivity index (χ3n) is 5.07. The van der Waals surface area contributed by atoms with E-state index in [0.29, 0.717) is 0 Å². The zero-order chi connectivity index (χ0) is 21.6. The molecule has 0 bridgehead atoms. The standard InChI is InChI=1S/C25H26N2O2S2/c1-4-30-17-16-27-15-5-6-22(27)25-26-23(18-7-11-20(28-2)12-8-18)24(31-25)19-9-13-21(29-3)14-10-19/h5-15H,4,16-17H2,1-3H3. The zero-order valence-corrected chi connectivity index (χ0v) is 19.6. The number of hydrogen-bond donors (Lipinski definition) is 0. The number of benzene rings is 2. The van der Waals surface area contributed by atoms with Crippen molar-refractivity contribution in [3.63, 3.8) is 0 Å². The number of ether oxygens (including phenoxy) is 2. The van der Waals surface area contributed by atoms with Gasteiger partial charge in [0, 0.05) is 24.1 Å². The number of aromatic nitrogens is 2. The van der Waals surface area contributed by atoms with Crippen LogP contribution in [0.4, 0.5) is 0 Å². The van der Waals surface area contributed by atoms with Crippen LogP contribution in [0.5, 0.6) is 11.5 Å². The minimum absolute atomic E-state index is 0.840. The quantitative estimate of drug-likeness (QED) is 0.265. The highest BCUT2D eigenvalue weighted by Crippen LogP contribution is 2.41. The van der Waals surface area contributed by atoms with Gasteiger partial charge in [-0.3, -0.25) is 0 Å². The molecule has 4 aromatic rings. The van der Waals surface area contributed by atoms with Gasteiger partial charge in [-0.25, -0.2) is 4.98 Å². The molecule has 0 spiro atoms. The van der Waals surface area contributed by atoms with Crippen molar-refractivity contribution in [3.8, 4) is 43.9 Å². The molecule has 0 amide bonds. The maximum Gasteiger partial charge on any atom is 0.141 e. The van der Waals surface area contributed by atoms with Crippen LogP contribution in [0.2, 0.25) is 0 Å². The van der Waals surface area contributed by atoms with Gasteiger partial charge in [-0.2, -0.15) is 11.8 Å². The average Bonchev–Trinajstić information content (AvgIpc) is 3.46.